The molecule has 0 N–H and O–H groups in total. The molecule has 0 heterocycles. The first-order chi connectivity index (χ1) is 5.60. The molecule has 0 aromatic heterocycles. The van der Waals surface area contributed by atoms with Crippen LogP contribution in [0.3, 0.4) is 0 Å². The number of halogens is 4. The third-order valence-corrected chi connectivity index (χ3v) is 11.0. The molecule has 0 radical (unpaired) electrons. The lowest BCUT2D eigenvalue weighted by Gasteiger charge is -2.40. The van der Waals surface area contributed by atoms with Crippen LogP contribution in [0, 0.1) is 0 Å². The lowest BCUT2D eigenvalue weighted by Crippen LogP contribution is -2.58. The zero-order valence-corrected chi connectivity index (χ0v) is 13.3. The molecule has 0 aliphatic carbocycles. The molecule has 0 amide bonds. The summed E-state index contributed by atoms with van der Waals surface area (Å²) in [5, 5.41) is 0. The average Bonchev–Trinajstić information content (AvgIpc) is 1.80. The summed E-state index contributed by atoms with van der Waals surface area (Å²) in [4.78, 5) is 0. The Morgan fingerprint density at radius 1 is 1.08 bits per heavy atom. The van der Waals surface area contributed by atoms with E-state index in [0.29, 0.717) is 0 Å². The Labute approximate surface area is 101 Å². The molecule has 0 aromatic carbocycles. The van der Waals surface area contributed by atoms with E-state index in [9.17, 15) is 0 Å². The molecular weight excluding hydrogens is 284 g/mol. The van der Waals surface area contributed by atoms with Crippen molar-refractivity contribution in [2.24, 2.45) is 0 Å². The van der Waals surface area contributed by atoms with Crippen LogP contribution in [0.15, 0.2) is 0 Å². The van der Waals surface area contributed by atoms with Gasteiger partial charge >= 0.3 is 13.7 Å². The molecule has 0 aliphatic heterocycles. The maximum atomic E-state index is 6.15. The number of nitrogens with zero attached hydrogens (tertiary/aromatic N) is 1. The van der Waals surface area contributed by atoms with Gasteiger partial charge in [-0.3, -0.25) is 4.23 Å². The van der Waals surface area contributed by atoms with Crippen LogP contribution in [0.4, 0.5) is 0 Å². The highest BCUT2D eigenvalue weighted by atomic mass is 35.7. The quantitative estimate of drug-likeness (QED) is 0.556. The summed E-state index contributed by atoms with van der Waals surface area (Å²) in [6, 6.07) is 0.248. The van der Waals surface area contributed by atoms with Gasteiger partial charge in [0.2, 0.25) is 0 Å². The standard InChI is InChI=1S/C6H15Cl4NSi2/c1-5-6(2)11(12(3,7)8)13(4,9)10/h6H,5H2,1-4H3. The van der Waals surface area contributed by atoms with E-state index in [0.717, 1.165) is 6.42 Å². The van der Waals surface area contributed by atoms with Gasteiger partial charge in [0.15, 0.2) is 0 Å². The molecule has 0 saturated heterocycles. The molecule has 0 spiro atoms. The first kappa shape index (κ1) is 14.6. The normalized spacial score (nSPS) is 16.4. The maximum Gasteiger partial charge on any atom is 0.317 e. The molecule has 1 unspecified atom stereocenters. The zero-order chi connectivity index (χ0) is 10.9. The summed E-state index contributed by atoms with van der Waals surface area (Å²) in [6.45, 7) is 2.92. The van der Waals surface area contributed by atoms with Crippen molar-refractivity contribution in [3.05, 3.63) is 0 Å². The molecule has 80 valence electrons. The summed E-state index contributed by atoms with van der Waals surface area (Å²) in [5.74, 6) is 0. The van der Waals surface area contributed by atoms with Crippen LogP contribution in [-0.4, -0.2) is 24.0 Å². The highest BCUT2D eigenvalue weighted by Gasteiger charge is 2.45. The number of rotatable bonds is 4. The van der Waals surface area contributed by atoms with Crippen molar-refractivity contribution in [1.29, 1.82) is 0 Å². The van der Waals surface area contributed by atoms with E-state index in [1.807, 2.05) is 24.2 Å². The van der Waals surface area contributed by atoms with Gasteiger partial charge < -0.3 is 0 Å². The molecule has 0 bridgehead atoms. The van der Waals surface area contributed by atoms with Gasteiger partial charge in [0.1, 0.15) is 0 Å². The second kappa shape index (κ2) is 5.06. The summed E-state index contributed by atoms with van der Waals surface area (Å²) in [7, 11) is 0. The smallest absolute Gasteiger partial charge is 0.295 e. The van der Waals surface area contributed by atoms with E-state index in [4.69, 9.17) is 44.3 Å². The van der Waals surface area contributed by atoms with Gasteiger partial charge in [-0.2, -0.15) is 0 Å². The average molecular weight is 299 g/mol. The Hall–Kier alpha value is 1.55. The first-order valence-electron chi connectivity index (χ1n) is 4.15. The molecule has 7 heteroatoms. The van der Waals surface area contributed by atoms with E-state index in [1.54, 1.807) is 0 Å². The molecule has 0 aromatic rings. The van der Waals surface area contributed by atoms with Crippen molar-refractivity contribution in [2.75, 3.05) is 0 Å². The lowest BCUT2D eigenvalue weighted by atomic mass is 10.3. The Balaban J connectivity index is 4.78. The van der Waals surface area contributed by atoms with Gasteiger partial charge in [-0.1, -0.05) is 13.8 Å². The molecule has 0 fully saturated rings. The minimum Gasteiger partial charge on any atom is -0.295 e. The molecule has 0 aliphatic rings. The second-order valence-corrected chi connectivity index (χ2v) is 18.1. The van der Waals surface area contributed by atoms with Gasteiger partial charge in [-0.25, -0.2) is 0 Å². The monoisotopic (exact) mass is 297 g/mol. The fourth-order valence-electron chi connectivity index (χ4n) is 1.30. The van der Waals surface area contributed by atoms with Crippen LogP contribution in [0.5, 0.6) is 0 Å². The van der Waals surface area contributed by atoms with E-state index in [1.165, 1.54) is 0 Å². The predicted octanol–water partition coefficient (Wildman–Crippen LogP) is 4.18. The van der Waals surface area contributed by atoms with Crippen LogP contribution in [0.1, 0.15) is 20.3 Å². The minimum atomic E-state index is -2.43. The maximum absolute atomic E-state index is 6.15. The Kier molecular flexibility index (Phi) is 5.66. The minimum absolute atomic E-state index is 0.248. The number of hydrogen-bond acceptors (Lipinski definition) is 1. The molecule has 0 rings (SSSR count). The van der Waals surface area contributed by atoms with Crippen molar-refractivity contribution < 1.29 is 0 Å². The highest BCUT2D eigenvalue weighted by Crippen LogP contribution is 2.33. The molecular formula is C6H15Cl4NSi2. The summed E-state index contributed by atoms with van der Waals surface area (Å²) >= 11 is 24.6. The van der Waals surface area contributed by atoms with Crippen LogP contribution < -0.4 is 0 Å². The van der Waals surface area contributed by atoms with Crippen LogP contribution in [0.2, 0.25) is 13.1 Å². The van der Waals surface area contributed by atoms with Gasteiger partial charge in [0.25, 0.3) is 0 Å². The largest absolute Gasteiger partial charge is 0.317 e. The third-order valence-electron chi connectivity index (χ3n) is 1.88. The van der Waals surface area contributed by atoms with Crippen molar-refractivity contribution in [2.45, 2.75) is 39.4 Å². The number of hydrogen-bond donors (Lipinski definition) is 0. The van der Waals surface area contributed by atoms with E-state index < -0.39 is 13.7 Å². The van der Waals surface area contributed by atoms with Gasteiger partial charge in [-0.15, -0.1) is 44.3 Å². The molecule has 0 saturated carbocycles. The summed E-state index contributed by atoms with van der Waals surface area (Å²) in [5.41, 5.74) is 0. The van der Waals surface area contributed by atoms with E-state index in [-0.39, 0.29) is 6.04 Å². The van der Waals surface area contributed by atoms with E-state index >= 15 is 0 Å². The van der Waals surface area contributed by atoms with Crippen molar-refractivity contribution in [3.8, 4) is 0 Å². The molecule has 1 atom stereocenters. The molecule has 1 nitrogen and oxygen atoms in total. The highest BCUT2D eigenvalue weighted by molar-refractivity contribution is 7.53. The second-order valence-electron chi connectivity index (χ2n) is 3.31. The topological polar surface area (TPSA) is 3.24 Å². The third kappa shape index (κ3) is 4.73. The SMILES string of the molecule is CCC(C)N([Si](C)(Cl)Cl)[Si](C)(Cl)Cl. The van der Waals surface area contributed by atoms with Crippen LogP contribution >= 0.6 is 44.3 Å². The Bertz CT molecular complexity index is 151. The predicted molar refractivity (Wildman–Crippen MR) is 68.2 cm³/mol. The fraction of sp³-hybridized carbons (Fsp3) is 1.00. The Morgan fingerprint density at radius 3 is 1.46 bits per heavy atom. The van der Waals surface area contributed by atoms with Crippen molar-refractivity contribution in [1.82, 2.24) is 4.23 Å². The summed E-state index contributed by atoms with van der Waals surface area (Å²) in [6.07, 6.45) is 0.948. The van der Waals surface area contributed by atoms with E-state index in [2.05, 4.69) is 6.92 Å². The molecule has 13 heavy (non-hydrogen) atoms. The fourth-order valence-corrected chi connectivity index (χ4v) is 15.6. The lowest BCUT2D eigenvalue weighted by molar-refractivity contribution is 0.482. The van der Waals surface area contributed by atoms with Crippen LogP contribution in [0.25, 0.3) is 0 Å². The van der Waals surface area contributed by atoms with Gasteiger partial charge in [-0.05, 0) is 25.6 Å². The summed E-state index contributed by atoms with van der Waals surface area (Å²) < 4.78 is 1.94. The van der Waals surface area contributed by atoms with Gasteiger partial charge in [0, 0.05) is 0 Å². The van der Waals surface area contributed by atoms with Crippen LogP contribution in [-0.2, 0) is 0 Å². The zero-order valence-electron chi connectivity index (χ0n) is 8.24. The Morgan fingerprint density at radius 2 is 1.38 bits per heavy atom. The van der Waals surface area contributed by atoms with Crippen molar-refractivity contribution in [3.63, 3.8) is 0 Å². The first-order valence-corrected chi connectivity index (χ1v) is 13.1. The van der Waals surface area contributed by atoms with Crippen molar-refractivity contribution >= 4 is 58.0 Å². The van der Waals surface area contributed by atoms with Gasteiger partial charge in [0.05, 0.1) is 0 Å².